The maximum atomic E-state index is 6.14. The first-order chi connectivity index (χ1) is 8.15. The van der Waals surface area contributed by atoms with Gasteiger partial charge in [0, 0.05) is 16.6 Å². The fraction of sp³-hybridized carbons (Fsp3) is 0.250. The van der Waals surface area contributed by atoms with Crippen LogP contribution in [0.1, 0.15) is 4.88 Å². The van der Waals surface area contributed by atoms with Gasteiger partial charge >= 0.3 is 0 Å². The molecule has 0 atom stereocenters. The predicted octanol–water partition coefficient (Wildman–Crippen LogP) is 3.79. The largest absolute Gasteiger partial charge is 0.493 e. The molecule has 0 aliphatic carbocycles. The first-order valence-electron chi connectivity index (χ1n) is 5.00. The number of hydrogen-bond acceptors (Lipinski definition) is 4. The number of aryl methyl sites for hydroxylation is 1. The number of thiazole rings is 1. The van der Waals surface area contributed by atoms with Gasteiger partial charge in [-0.05, 0) is 19.1 Å². The van der Waals surface area contributed by atoms with Gasteiger partial charge in [0.1, 0.15) is 5.01 Å². The van der Waals surface area contributed by atoms with Gasteiger partial charge in [-0.25, -0.2) is 4.98 Å². The molecule has 1 aromatic carbocycles. The van der Waals surface area contributed by atoms with Crippen LogP contribution in [0.4, 0.5) is 0 Å². The zero-order valence-corrected chi connectivity index (χ0v) is 11.4. The molecule has 90 valence electrons. The van der Waals surface area contributed by atoms with Crippen molar-refractivity contribution in [3.05, 3.63) is 28.2 Å². The molecule has 1 aromatic heterocycles. The summed E-state index contributed by atoms with van der Waals surface area (Å²) in [7, 11) is 3.15. The lowest BCUT2D eigenvalue weighted by molar-refractivity contribution is 0.355. The molecule has 17 heavy (non-hydrogen) atoms. The molecule has 0 saturated carbocycles. The van der Waals surface area contributed by atoms with Gasteiger partial charge in [0.15, 0.2) is 11.5 Å². The van der Waals surface area contributed by atoms with E-state index < -0.39 is 0 Å². The summed E-state index contributed by atoms with van der Waals surface area (Å²) in [5, 5.41) is 1.44. The van der Waals surface area contributed by atoms with Gasteiger partial charge in [-0.1, -0.05) is 11.6 Å². The first-order valence-corrected chi connectivity index (χ1v) is 6.19. The molecule has 0 saturated heterocycles. The van der Waals surface area contributed by atoms with Crippen molar-refractivity contribution in [2.45, 2.75) is 6.92 Å². The third kappa shape index (κ3) is 2.37. The van der Waals surface area contributed by atoms with E-state index in [1.54, 1.807) is 25.6 Å². The van der Waals surface area contributed by atoms with E-state index in [0.29, 0.717) is 16.5 Å². The molecule has 5 heteroatoms. The maximum Gasteiger partial charge on any atom is 0.179 e. The molecule has 0 aliphatic rings. The standard InChI is InChI=1S/C12H12ClNO2S/c1-7-6-14-12(17-7)8-4-9(13)11(16-3)10(5-8)15-2/h4-6H,1-3H3. The minimum absolute atomic E-state index is 0.523. The van der Waals surface area contributed by atoms with Crippen LogP contribution >= 0.6 is 22.9 Å². The molecule has 0 spiro atoms. The second kappa shape index (κ2) is 4.94. The average Bonchev–Trinajstić information content (AvgIpc) is 2.74. The van der Waals surface area contributed by atoms with Gasteiger partial charge in [0.25, 0.3) is 0 Å². The molecule has 0 fully saturated rings. The first kappa shape index (κ1) is 12.2. The Labute approximate surface area is 109 Å². The van der Waals surface area contributed by atoms with E-state index in [9.17, 15) is 0 Å². The van der Waals surface area contributed by atoms with E-state index in [0.717, 1.165) is 15.4 Å². The highest BCUT2D eigenvalue weighted by Crippen LogP contribution is 2.39. The molecule has 0 N–H and O–H groups in total. The molecule has 0 radical (unpaired) electrons. The molecule has 2 rings (SSSR count). The molecule has 3 nitrogen and oxygen atoms in total. The number of nitrogens with zero attached hydrogens (tertiary/aromatic N) is 1. The quantitative estimate of drug-likeness (QED) is 0.850. The third-order valence-electron chi connectivity index (χ3n) is 2.30. The smallest absolute Gasteiger partial charge is 0.179 e. The second-order valence-corrected chi connectivity index (χ2v) is 5.11. The third-order valence-corrected chi connectivity index (χ3v) is 3.54. The fourth-order valence-electron chi connectivity index (χ4n) is 1.53. The average molecular weight is 270 g/mol. The van der Waals surface area contributed by atoms with Crippen LogP contribution in [0.2, 0.25) is 5.02 Å². The van der Waals surface area contributed by atoms with E-state index in [-0.39, 0.29) is 0 Å². The van der Waals surface area contributed by atoms with Gasteiger partial charge in [-0.2, -0.15) is 0 Å². The van der Waals surface area contributed by atoms with Crippen LogP contribution in [0, 0.1) is 6.92 Å². The summed E-state index contributed by atoms with van der Waals surface area (Å²) in [5.74, 6) is 1.16. The lowest BCUT2D eigenvalue weighted by Crippen LogP contribution is -1.92. The summed E-state index contributed by atoms with van der Waals surface area (Å²) in [5.41, 5.74) is 0.936. The number of benzene rings is 1. The Morgan fingerprint density at radius 2 is 2.00 bits per heavy atom. The molecule has 0 bridgehead atoms. The summed E-state index contributed by atoms with van der Waals surface area (Å²) in [6.45, 7) is 2.02. The molecular weight excluding hydrogens is 258 g/mol. The van der Waals surface area contributed by atoms with Crippen molar-refractivity contribution in [3.63, 3.8) is 0 Å². The molecule has 2 aromatic rings. The van der Waals surface area contributed by atoms with E-state index in [1.165, 1.54) is 0 Å². The van der Waals surface area contributed by atoms with Crippen LogP contribution in [0.5, 0.6) is 11.5 Å². The SMILES string of the molecule is COc1cc(-c2ncc(C)s2)cc(Cl)c1OC. The minimum atomic E-state index is 0.523. The second-order valence-electron chi connectivity index (χ2n) is 3.47. The van der Waals surface area contributed by atoms with Gasteiger partial charge in [0.2, 0.25) is 0 Å². The Bertz CT molecular complexity index is 539. The number of aromatic nitrogens is 1. The molecular formula is C12H12ClNO2S. The normalized spacial score (nSPS) is 10.4. The Morgan fingerprint density at radius 1 is 1.24 bits per heavy atom. The van der Waals surface area contributed by atoms with Crippen LogP contribution in [0.3, 0.4) is 0 Å². The van der Waals surface area contributed by atoms with E-state index >= 15 is 0 Å². The van der Waals surface area contributed by atoms with Crippen LogP contribution in [0.25, 0.3) is 10.6 Å². The van der Waals surface area contributed by atoms with E-state index in [1.807, 2.05) is 25.3 Å². The van der Waals surface area contributed by atoms with Gasteiger partial charge in [-0.15, -0.1) is 11.3 Å². The highest BCUT2D eigenvalue weighted by molar-refractivity contribution is 7.14. The van der Waals surface area contributed by atoms with Gasteiger partial charge in [-0.3, -0.25) is 0 Å². The number of ether oxygens (including phenoxy) is 2. The van der Waals surface area contributed by atoms with Crippen molar-refractivity contribution in [1.82, 2.24) is 4.98 Å². The molecule has 0 amide bonds. The summed E-state index contributed by atoms with van der Waals surface area (Å²) in [4.78, 5) is 5.48. The maximum absolute atomic E-state index is 6.14. The van der Waals surface area contributed by atoms with Crippen LogP contribution in [-0.4, -0.2) is 19.2 Å². The minimum Gasteiger partial charge on any atom is -0.493 e. The number of methoxy groups -OCH3 is 2. The van der Waals surface area contributed by atoms with Crippen molar-refractivity contribution < 1.29 is 9.47 Å². The van der Waals surface area contributed by atoms with E-state index in [2.05, 4.69) is 4.98 Å². The number of halogens is 1. The van der Waals surface area contributed by atoms with Gasteiger partial charge < -0.3 is 9.47 Å². The van der Waals surface area contributed by atoms with Crippen molar-refractivity contribution in [3.8, 4) is 22.1 Å². The molecule has 0 unspecified atom stereocenters. The Morgan fingerprint density at radius 3 is 2.53 bits per heavy atom. The fourth-order valence-corrected chi connectivity index (χ4v) is 2.57. The van der Waals surface area contributed by atoms with Crippen molar-refractivity contribution in [2.24, 2.45) is 0 Å². The Hall–Kier alpha value is -1.26. The van der Waals surface area contributed by atoms with Crippen LogP contribution < -0.4 is 9.47 Å². The van der Waals surface area contributed by atoms with Crippen LogP contribution in [-0.2, 0) is 0 Å². The lowest BCUT2D eigenvalue weighted by Gasteiger charge is -2.10. The zero-order chi connectivity index (χ0) is 12.4. The summed E-state index contributed by atoms with van der Waals surface area (Å²) in [6, 6.07) is 3.71. The highest BCUT2D eigenvalue weighted by atomic mass is 35.5. The Balaban J connectivity index is 2.53. The van der Waals surface area contributed by atoms with Crippen molar-refractivity contribution in [2.75, 3.05) is 14.2 Å². The topological polar surface area (TPSA) is 31.4 Å². The summed E-state index contributed by atoms with van der Waals surface area (Å²) in [6.07, 6.45) is 1.84. The van der Waals surface area contributed by atoms with Crippen molar-refractivity contribution >= 4 is 22.9 Å². The Kier molecular flexibility index (Phi) is 3.54. The van der Waals surface area contributed by atoms with Crippen molar-refractivity contribution in [1.29, 1.82) is 0 Å². The zero-order valence-electron chi connectivity index (χ0n) is 9.78. The summed E-state index contributed by atoms with van der Waals surface area (Å²) >= 11 is 7.76. The predicted molar refractivity (Wildman–Crippen MR) is 70.4 cm³/mol. The number of hydrogen-bond donors (Lipinski definition) is 0. The summed E-state index contributed by atoms with van der Waals surface area (Å²) < 4.78 is 10.4. The lowest BCUT2D eigenvalue weighted by atomic mass is 10.2. The monoisotopic (exact) mass is 269 g/mol. The highest BCUT2D eigenvalue weighted by Gasteiger charge is 2.13. The molecule has 1 heterocycles. The van der Waals surface area contributed by atoms with E-state index in [4.69, 9.17) is 21.1 Å². The number of rotatable bonds is 3. The van der Waals surface area contributed by atoms with Crippen LogP contribution in [0.15, 0.2) is 18.3 Å². The molecule has 0 aliphatic heterocycles. The van der Waals surface area contributed by atoms with Gasteiger partial charge in [0.05, 0.1) is 19.2 Å².